The number of carbonyl (C=O) groups is 2. The first-order valence-corrected chi connectivity index (χ1v) is 7.22. The number of nitrogens with one attached hydrogen (secondary N) is 1. The molecule has 1 rings (SSSR count). The first kappa shape index (κ1) is 14.7. The Labute approximate surface area is 111 Å². The van der Waals surface area contributed by atoms with Gasteiger partial charge in [0.1, 0.15) is 6.26 Å². The maximum atomic E-state index is 11.5. The first-order chi connectivity index (χ1) is 8.58. The quantitative estimate of drug-likeness (QED) is 0.360. The highest BCUT2D eigenvalue weighted by atomic mass is 32.2. The van der Waals surface area contributed by atoms with E-state index in [1.807, 2.05) is 0 Å². The van der Waals surface area contributed by atoms with Gasteiger partial charge in [-0.05, 0) is 23.9 Å². The van der Waals surface area contributed by atoms with E-state index >= 15 is 0 Å². The van der Waals surface area contributed by atoms with Crippen molar-refractivity contribution in [3.63, 3.8) is 0 Å². The molecule has 18 heavy (non-hydrogen) atoms. The van der Waals surface area contributed by atoms with Crippen LogP contribution in [-0.4, -0.2) is 39.3 Å². The van der Waals surface area contributed by atoms with Crippen molar-refractivity contribution in [2.45, 2.75) is 5.16 Å². The average Bonchev–Trinajstić information content (AvgIpc) is 2.37. The Bertz CT molecular complexity index is 477. The van der Waals surface area contributed by atoms with Gasteiger partial charge in [0.25, 0.3) is 5.91 Å². The van der Waals surface area contributed by atoms with Gasteiger partial charge in [-0.15, -0.1) is 0 Å². The van der Waals surface area contributed by atoms with Crippen LogP contribution in [0, 0.1) is 0 Å². The van der Waals surface area contributed by atoms with E-state index in [1.54, 1.807) is 6.07 Å². The summed E-state index contributed by atoms with van der Waals surface area (Å²) in [6.07, 6.45) is 4.35. The third-order valence-electron chi connectivity index (χ3n) is 1.82. The Morgan fingerprint density at radius 3 is 2.89 bits per heavy atom. The lowest BCUT2D eigenvalue weighted by molar-refractivity contribution is -0.116. The van der Waals surface area contributed by atoms with Gasteiger partial charge in [0, 0.05) is 24.4 Å². The summed E-state index contributed by atoms with van der Waals surface area (Å²) in [4.78, 5) is 30.0. The normalized spacial score (nSPS) is 12.9. The van der Waals surface area contributed by atoms with Crippen molar-refractivity contribution in [3.8, 4) is 0 Å². The number of rotatable bonds is 5. The lowest BCUT2D eigenvalue weighted by Crippen LogP contribution is -2.18. The van der Waals surface area contributed by atoms with E-state index in [1.165, 1.54) is 25.6 Å². The van der Waals surface area contributed by atoms with Crippen molar-refractivity contribution < 1.29 is 14.1 Å². The van der Waals surface area contributed by atoms with Crippen LogP contribution in [0.1, 0.15) is 5.69 Å². The van der Waals surface area contributed by atoms with Crippen LogP contribution in [0.4, 0.5) is 0 Å². The molecule has 0 aliphatic carbocycles. The fraction of sp³-hybridized carbons (Fsp3) is 0.200. The summed E-state index contributed by atoms with van der Waals surface area (Å²) in [6.45, 7) is 0. The Kier molecular flexibility index (Phi) is 5.83. The molecule has 0 saturated carbocycles. The van der Waals surface area contributed by atoms with Gasteiger partial charge < -0.3 is 9.87 Å². The standard InChI is InChI=1S/C10H11N3O3S2/c1-11-9(15)8(17-6-14)5-7-3-4-12-10(13-7)18(2)16/h3-6H,1-2H3,(H,11,15)/b8-5-. The molecule has 1 atom stereocenters. The second-order valence-corrected chi connectivity index (χ2v) is 5.16. The van der Waals surface area contributed by atoms with E-state index < -0.39 is 11.2 Å². The molecule has 0 aromatic carbocycles. The van der Waals surface area contributed by atoms with E-state index in [4.69, 9.17) is 0 Å². The summed E-state index contributed by atoms with van der Waals surface area (Å²) in [5.74, 6) is -0.384. The number of likely N-dealkylation sites (N-methyl/N-ethyl adjacent to an activating group) is 1. The van der Waals surface area contributed by atoms with E-state index in [-0.39, 0.29) is 16.0 Å². The van der Waals surface area contributed by atoms with Crippen LogP contribution >= 0.6 is 11.8 Å². The van der Waals surface area contributed by atoms with Crippen LogP contribution in [0.25, 0.3) is 6.08 Å². The monoisotopic (exact) mass is 285 g/mol. The SMILES string of the molecule is CNC(=O)/C(=C/c1ccnc([S+](C)[O-])n1)SC=O. The molecule has 1 unspecified atom stereocenters. The number of carbonyl (C=O) groups excluding carboxylic acids is 2. The van der Waals surface area contributed by atoms with Crippen LogP contribution in [-0.2, 0) is 20.8 Å². The molecule has 1 aromatic heterocycles. The van der Waals surface area contributed by atoms with Gasteiger partial charge in [0.2, 0.25) is 0 Å². The number of hydrogen-bond acceptors (Lipinski definition) is 6. The van der Waals surface area contributed by atoms with Gasteiger partial charge in [-0.2, -0.15) is 9.97 Å². The summed E-state index contributed by atoms with van der Waals surface area (Å²) >= 11 is -0.548. The van der Waals surface area contributed by atoms with E-state index in [9.17, 15) is 14.1 Å². The van der Waals surface area contributed by atoms with Gasteiger partial charge in [-0.1, -0.05) is 0 Å². The second-order valence-electron chi connectivity index (χ2n) is 3.02. The molecule has 0 aliphatic heterocycles. The lowest BCUT2D eigenvalue weighted by atomic mass is 10.3. The molecule has 0 bridgehead atoms. The van der Waals surface area contributed by atoms with Gasteiger partial charge in [-0.3, -0.25) is 9.59 Å². The molecule has 6 nitrogen and oxygen atoms in total. The van der Waals surface area contributed by atoms with Crippen molar-refractivity contribution in [2.75, 3.05) is 13.3 Å². The van der Waals surface area contributed by atoms with Crippen molar-refractivity contribution in [3.05, 3.63) is 22.9 Å². The predicted octanol–water partition coefficient (Wildman–Crippen LogP) is 0.224. The number of hydrogen-bond donors (Lipinski definition) is 1. The minimum atomic E-state index is -1.30. The molecular formula is C10H11N3O3S2. The third-order valence-corrected chi connectivity index (χ3v) is 3.18. The van der Waals surface area contributed by atoms with Gasteiger partial charge in [-0.25, -0.2) is 0 Å². The van der Waals surface area contributed by atoms with Crippen LogP contribution in [0.5, 0.6) is 0 Å². The first-order valence-electron chi connectivity index (χ1n) is 4.79. The number of thioether (sulfide) groups is 1. The Morgan fingerprint density at radius 2 is 2.33 bits per heavy atom. The molecule has 1 amide bonds. The molecular weight excluding hydrogens is 274 g/mol. The fourth-order valence-corrected chi connectivity index (χ4v) is 1.98. The van der Waals surface area contributed by atoms with Crippen molar-refractivity contribution in [1.29, 1.82) is 0 Å². The molecule has 1 heterocycles. The molecule has 1 N–H and O–H groups in total. The Balaban J connectivity index is 3.07. The lowest BCUT2D eigenvalue weighted by Gasteiger charge is -2.03. The van der Waals surface area contributed by atoms with E-state index in [0.717, 1.165) is 11.8 Å². The zero-order chi connectivity index (χ0) is 13.5. The number of nitrogens with zero attached hydrogens (tertiary/aromatic N) is 2. The minimum absolute atomic E-state index is 0.177. The van der Waals surface area contributed by atoms with Gasteiger partial charge in [0.15, 0.2) is 5.62 Å². The topological polar surface area (TPSA) is 95.0 Å². The van der Waals surface area contributed by atoms with Crippen molar-refractivity contribution in [2.24, 2.45) is 0 Å². The fourth-order valence-electron chi connectivity index (χ4n) is 1.04. The Morgan fingerprint density at radius 1 is 1.61 bits per heavy atom. The Hall–Kier alpha value is -1.38. The summed E-state index contributed by atoms with van der Waals surface area (Å²) in [5, 5.41) is 2.59. The van der Waals surface area contributed by atoms with Crippen LogP contribution in [0.2, 0.25) is 0 Å². The summed E-state index contributed by atoms with van der Waals surface area (Å²) in [7, 11) is 1.47. The summed E-state index contributed by atoms with van der Waals surface area (Å²) in [6, 6.07) is 1.56. The molecule has 8 heteroatoms. The molecule has 1 aromatic rings. The van der Waals surface area contributed by atoms with Gasteiger partial charge >= 0.3 is 5.16 Å². The highest BCUT2D eigenvalue weighted by molar-refractivity contribution is 8.16. The second kappa shape index (κ2) is 7.14. The zero-order valence-electron chi connectivity index (χ0n) is 9.75. The third kappa shape index (κ3) is 4.13. The average molecular weight is 285 g/mol. The van der Waals surface area contributed by atoms with Crippen LogP contribution in [0.3, 0.4) is 0 Å². The maximum absolute atomic E-state index is 11.5. The van der Waals surface area contributed by atoms with Gasteiger partial charge in [0.05, 0.1) is 10.6 Å². The predicted molar refractivity (Wildman–Crippen MR) is 70.7 cm³/mol. The minimum Gasteiger partial charge on any atom is -0.609 e. The maximum Gasteiger partial charge on any atom is 0.342 e. The van der Waals surface area contributed by atoms with Crippen LogP contribution < -0.4 is 5.32 Å². The molecule has 0 spiro atoms. The van der Waals surface area contributed by atoms with E-state index in [0.29, 0.717) is 11.3 Å². The highest BCUT2D eigenvalue weighted by Gasteiger charge is 2.11. The van der Waals surface area contributed by atoms with E-state index in [2.05, 4.69) is 15.3 Å². The smallest absolute Gasteiger partial charge is 0.342 e. The largest absolute Gasteiger partial charge is 0.609 e. The molecule has 0 fully saturated rings. The van der Waals surface area contributed by atoms with Crippen molar-refractivity contribution in [1.82, 2.24) is 15.3 Å². The number of aromatic nitrogens is 2. The number of amides is 1. The van der Waals surface area contributed by atoms with Crippen LogP contribution in [0.15, 0.2) is 22.3 Å². The highest BCUT2D eigenvalue weighted by Crippen LogP contribution is 2.16. The summed E-state index contributed by atoms with van der Waals surface area (Å²) in [5.41, 5.74) is 0.976. The molecule has 96 valence electrons. The summed E-state index contributed by atoms with van der Waals surface area (Å²) < 4.78 is 11.2. The van der Waals surface area contributed by atoms with Crippen molar-refractivity contribution >= 4 is 40.5 Å². The molecule has 0 radical (unpaired) electrons. The molecule has 0 aliphatic rings. The molecule has 0 saturated heterocycles. The zero-order valence-corrected chi connectivity index (χ0v) is 11.4.